The average molecular weight is 397 g/mol. The normalized spacial score (nSPS) is 20.2. The second-order valence-corrected chi connectivity index (χ2v) is 8.55. The number of anilines is 2. The summed E-state index contributed by atoms with van der Waals surface area (Å²) >= 11 is 1.47. The van der Waals surface area contributed by atoms with Crippen LogP contribution in [-0.2, 0) is 0 Å². The highest BCUT2D eigenvalue weighted by molar-refractivity contribution is 8.02. The molecule has 3 N–H and O–H groups in total. The first kappa shape index (κ1) is 17.8. The number of aliphatic hydroxyl groups is 1. The number of nitrogens with one attached hydrogen (secondary N) is 2. The maximum atomic E-state index is 12.8. The molecule has 0 atom stereocenters. The summed E-state index contributed by atoms with van der Waals surface area (Å²) in [7, 11) is 0. The smallest absolute Gasteiger partial charge is 0.253 e. The predicted molar refractivity (Wildman–Crippen MR) is 113 cm³/mol. The van der Waals surface area contributed by atoms with Gasteiger partial charge < -0.3 is 19.5 Å². The lowest BCUT2D eigenvalue weighted by molar-refractivity contribution is 0.0473. The van der Waals surface area contributed by atoms with Gasteiger partial charge in [0.05, 0.1) is 29.1 Å². The highest BCUT2D eigenvalue weighted by Crippen LogP contribution is 2.37. The van der Waals surface area contributed by atoms with Crippen molar-refractivity contribution in [2.45, 2.75) is 18.4 Å². The van der Waals surface area contributed by atoms with Gasteiger partial charge in [-0.3, -0.25) is 9.69 Å². The molecule has 1 aliphatic carbocycles. The number of fused-ring (bicyclic) bond motifs is 1. The van der Waals surface area contributed by atoms with Gasteiger partial charge in [0.25, 0.3) is 5.91 Å². The summed E-state index contributed by atoms with van der Waals surface area (Å²) in [5.74, 6) is 0.0903. The first-order valence-electron chi connectivity index (χ1n) is 9.76. The number of rotatable bonds is 4. The van der Waals surface area contributed by atoms with E-state index >= 15 is 0 Å². The van der Waals surface area contributed by atoms with E-state index in [4.69, 9.17) is 0 Å². The molecule has 5 rings (SSSR count). The Morgan fingerprint density at radius 1 is 0.964 bits per heavy atom. The quantitative estimate of drug-likeness (QED) is 0.691. The molecule has 2 aromatic rings. The molecule has 6 nitrogen and oxygen atoms in total. The van der Waals surface area contributed by atoms with Crippen LogP contribution in [-0.4, -0.2) is 59.1 Å². The number of benzene rings is 2. The third-order valence-corrected chi connectivity index (χ3v) is 6.46. The van der Waals surface area contributed by atoms with Crippen molar-refractivity contribution in [3.63, 3.8) is 0 Å². The average Bonchev–Trinajstić information content (AvgIpc) is 3.26. The largest absolute Gasteiger partial charge is 0.389 e. The maximum Gasteiger partial charge on any atom is 0.253 e. The highest BCUT2D eigenvalue weighted by Gasteiger charge is 2.42. The van der Waals surface area contributed by atoms with Gasteiger partial charge in [-0.1, -0.05) is 18.2 Å². The number of hydrogen-bond acceptors (Lipinski definition) is 6. The molecule has 1 saturated heterocycles. The summed E-state index contributed by atoms with van der Waals surface area (Å²) in [5.41, 5.74) is 4.67. The van der Waals surface area contributed by atoms with Crippen LogP contribution in [0.5, 0.6) is 0 Å². The Balaban J connectivity index is 1.22. The van der Waals surface area contributed by atoms with Crippen molar-refractivity contribution in [1.29, 1.82) is 0 Å². The Morgan fingerprint density at radius 2 is 1.64 bits per heavy atom. The number of amides is 1. The number of carbonyl (C=O) groups is 1. The summed E-state index contributed by atoms with van der Waals surface area (Å²) in [5, 5.41) is 10.1. The van der Waals surface area contributed by atoms with Gasteiger partial charge in [-0.2, -0.15) is 0 Å². The second kappa shape index (κ2) is 6.99. The van der Waals surface area contributed by atoms with Crippen LogP contribution in [0.1, 0.15) is 23.2 Å². The molecule has 2 heterocycles. The van der Waals surface area contributed by atoms with Crippen LogP contribution in [0.2, 0.25) is 0 Å². The number of nitrogens with zero attached hydrogens (tertiary/aromatic N) is 2. The molecule has 28 heavy (non-hydrogen) atoms. The predicted octanol–water partition coefficient (Wildman–Crippen LogP) is 3.04. The van der Waals surface area contributed by atoms with Crippen LogP contribution in [0.3, 0.4) is 0 Å². The fourth-order valence-corrected chi connectivity index (χ4v) is 4.47. The van der Waals surface area contributed by atoms with Gasteiger partial charge in [-0.25, -0.2) is 0 Å². The third-order valence-electron chi connectivity index (χ3n) is 5.81. The van der Waals surface area contributed by atoms with E-state index in [-0.39, 0.29) is 5.91 Å². The monoisotopic (exact) mass is 396 g/mol. The molecule has 146 valence electrons. The van der Waals surface area contributed by atoms with E-state index in [0.717, 1.165) is 73.6 Å². The molecule has 0 bridgehead atoms. The van der Waals surface area contributed by atoms with Crippen molar-refractivity contribution < 1.29 is 9.90 Å². The van der Waals surface area contributed by atoms with Crippen molar-refractivity contribution in [3.8, 4) is 11.1 Å². The molecule has 2 fully saturated rings. The topological polar surface area (TPSA) is 67.8 Å². The van der Waals surface area contributed by atoms with Crippen LogP contribution < -0.4 is 9.44 Å². The summed E-state index contributed by atoms with van der Waals surface area (Å²) in [6, 6.07) is 14.1. The molecule has 1 amide bonds. The molecule has 0 unspecified atom stereocenters. The Hall–Kier alpha value is -2.22. The van der Waals surface area contributed by atoms with Crippen molar-refractivity contribution in [1.82, 2.24) is 9.80 Å². The number of β-amino-alcohol motifs (C(OH)–C–C–N with tert-alkyl or cyclic N) is 1. The summed E-state index contributed by atoms with van der Waals surface area (Å²) in [6.07, 6.45) is 1.82. The van der Waals surface area contributed by atoms with Crippen LogP contribution in [0.25, 0.3) is 11.1 Å². The zero-order valence-electron chi connectivity index (χ0n) is 15.6. The van der Waals surface area contributed by atoms with E-state index in [0.29, 0.717) is 0 Å². The van der Waals surface area contributed by atoms with Crippen LogP contribution in [0, 0.1) is 0 Å². The molecule has 0 aromatic heterocycles. The molecule has 1 saturated carbocycles. The van der Waals surface area contributed by atoms with E-state index in [1.165, 1.54) is 12.1 Å². The van der Waals surface area contributed by atoms with Gasteiger partial charge in [0.1, 0.15) is 0 Å². The van der Waals surface area contributed by atoms with Gasteiger partial charge in [0.15, 0.2) is 0 Å². The SMILES string of the molecule is O=C(c1ccc(-c2ccc3c(c2)NSN3)cc1)N1CCN(CC2(O)CC2)CC1. The van der Waals surface area contributed by atoms with Crippen LogP contribution >= 0.6 is 12.1 Å². The minimum absolute atomic E-state index is 0.0903. The van der Waals surface area contributed by atoms with E-state index in [1.54, 1.807) is 0 Å². The third kappa shape index (κ3) is 3.57. The van der Waals surface area contributed by atoms with Gasteiger partial charge >= 0.3 is 0 Å². The second-order valence-electron chi connectivity index (χ2n) is 7.94. The lowest BCUT2D eigenvalue weighted by Crippen LogP contribution is -2.50. The zero-order valence-corrected chi connectivity index (χ0v) is 16.5. The Kier molecular flexibility index (Phi) is 4.45. The summed E-state index contributed by atoms with van der Waals surface area (Å²) in [4.78, 5) is 17.0. The molecular weight excluding hydrogens is 372 g/mol. The van der Waals surface area contributed by atoms with Crippen molar-refractivity contribution >= 4 is 29.4 Å². The minimum atomic E-state index is -0.455. The molecule has 0 spiro atoms. The number of carbonyl (C=O) groups excluding carboxylic acids is 1. The number of piperazine rings is 1. The minimum Gasteiger partial charge on any atom is -0.389 e. The first-order valence-corrected chi connectivity index (χ1v) is 10.6. The summed E-state index contributed by atoms with van der Waals surface area (Å²) in [6.45, 7) is 3.85. The molecule has 3 aliphatic rings. The fourth-order valence-electron chi connectivity index (χ4n) is 3.85. The molecule has 7 heteroatoms. The Labute approximate surface area is 169 Å². The summed E-state index contributed by atoms with van der Waals surface area (Å²) < 4.78 is 6.43. The molecule has 2 aromatic carbocycles. The fraction of sp³-hybridized carbons (Fsp3) is 0.381. The standard InChI is InChI=1S/C21H24N4O2S/c26-20(25-11-9-24(10-12-25)14-21(27)7-8-21)16-3-1-15(2-4-16)17-5-6-18-19(13-17)23-28-22-18/h1-6,13,22-23,27H,7-12,14H2. The molecule has 2 aliphatic heterocycles. The highest BCUT2D eigenvalue weighted by atomic mass is 32.2. The van der Waals surface area contributed by atoms with E-state index in [2.05, 4.69) is 32.5 Å². The Morgan fingerprint density at radius 3 is 2.36 bits per heavy atom. The zero-order chi connectivity index (χ0) is 19.1. The van der Waals surface area contributed by atoms with Gasteiger partial charge in [-0.15, -0.1) is 0 Å². The van der Waals surface area contributed by atoms with Crippen molar-refractivity contribution in [3.05, 3.63) is 48.0 Å². The first-order chi connectivity index (χ1) is 13.6. The van der Waals surface area contributed by atoms with E-state index in [9.17, 15) is 9.90 Å². The van der Waals surface area contributed by atoms with E-state index < -0.39 is 5.60 Å². The van der Waals surface area contributed by atoms with Crippen LogP contribution in [0.4, 0.5) is 11.4 Å². The van der Waals surface area contributed by atoms with Crippen molar-refractivity contribution in [2.75, 3.05) is 42.2 Å². The maximum absolute atomic E-state index is 12.8. The Bertz CT molecular complexity index is 890. The van der Waals surface area contributed by atoms with Crippen molar-refractivity contribution in [2.24, 2.45) is 0 Å². The van der Waals surface area contributed by atoms with E-state index in [1.807, 2.05) is 29.2 Å². The van der Waals surface area contributed by atoms with Gasteiger partial charge in [-0.05, 0) is 48.2 Å². The lowest BCUT2D eigenvalue weighted by atomic mass is 10.0. The van der Waals surface area contributed by atoms with Crippen LogP contribution in [0.15, 0.2) is 42.5 Å². The number of hydrogen-bond donors (Lipinski definition) is 3. The molecular formula is C21H24N4O2S. The lowest BCUT2D eigenvalue weighted by Gasteiger charge is -2.35. The van der Waals surface area contributed by atoms with Gasteiger partial charge in [0, 0.05) is 38.3 Å². The van der Waals surface area contributed by atoms with Gasteiger partial charge in [0.2, 0.25) is 0 Å². The molecule has 0 radical (unpaired) electrons.